The summed E-state index contributed by atoms with van der Waals surface area (Å²) in [6.45, 7) is -0.567. The molecule has 2 aromatic rings. The lowest BCUT2D eigenvalue weighted by atomic mass is 10.1. The summed E-state index contributed by atoms with van der Waals surface area (Å²) in [6, 6.07) is 0. The Balaban J connectivity index is 2.04. The van der Waals surface area contributed by atoms with Crippen LogP contribution in [0.4, 0.5) is 5.82 Å². The van der Waals surface area contributed by atoms with Crippen molar-refractivity contribution in [3.63, 3.8) is 0 Å². The molecule has 2 aromatic heterocycles. The Morgan fingerprint density at radius 1 is 1.39 bits per heavy atom. The Labute approximate surface area is 128 Å². The number of phosphoric ester groups is 1. The van der Waals surface area contributed by atoms with E-state index in [2.05, 4.69) is 19.5 Å². The molecule has 6 N–H and O–H groups in total. The minimum atomic E-state index is -4.91. The number of aliphatic hydroxyl groups is 2. The van der Waals surface area contributed by atoms with E-state index in [-0.39, 0.29) is 17.0 Å². The number of nitrogens with two attached hydrogens (primary N) is 1. The number of imidazole rings is 1. The van der Waals surface area contributed by atoms with Crippen molar-refractivity contribution in [3.8, 4) is 0 Å². The van der Waals surface area contributed by atoms with E-state index in [9.17, 15) is 14.8 Å². The number of aromatic nitrogens is 4. The molecule has 3 rings (SSSR count). The van der Waals surface area contributed by atoms with Crippen molar-refractivity contribution >= 4 is 24.8 Å². The maximum atomic E-state index is 11.1. The zero-order valence-corrected chi connectivity index (χ0v) is 12.4. The molecule has 0 radical (unpaired) electrons. The van der Waals surface area contributed by atoms with E-state index in [1.165, 1.54) is 17.2 Å². The molecule has 0 amide bonds. The van der Waals surface area contributed by atoms with Crippen LogP contribution in [0.15, 0.2) is 12.7 Å². The molecule has 0 saturated carbocycles. The average Bonchev–Trinajstić information content (AvgIpc) is 3.01. The summed E-state index contributed by atoms with van der Waals surface area (Å²) in [5.41, 5.74) is 6.16. The van der Waals surface area contributed by atoms with Crippen LogP contribution in [0.2, 0.25) is 0 Å². The summed E-state index contributed by atoms with van der Waals surface area (Å²) >= 11 is 0. The van der Waals surface area contributed by atoms with E-state index in [4.69, 9.17) is 20.3 Å². The van der Waals surface area contributed by atoms with E-state index in [1.807, 2.05) is 0 Å². The van der Waals surface area contributed by atoms with E-state index < -0.39 is 39.0 Å². The van der Waals surface area contributed by atoms with Crippen LogP contribution in [0, 0.1) is 0 Å². The Hall–Kier alpha value is -1.66. The van der Waals surface area contributed by atoms with Gasteiger partial charge in [0.1, 0.15) is 30.2 Å². The van der Waals surface area contributed by atoms with Crippen LogP contribution in [-0.2, 0) is 13.8 Å². The Kier molecular flexibility index (Phi) is 4.06. The summed E-state index contributed by atoms with van der Waals surface area (Å²) in [7, 11) is -4.91. The topological polar surface area (TPSA) is 186 Å². The van der Waals surface area contributed by atoms with Crippen LogP contribution < -0.4 is 5.73 Å². The number of hydrogen-bond donors (Lipinski definition) is 5. The minimum absolute atomic E-state index is 0.110. The molecule has 126 valence electrons. The van der Waals surface area contributed by atoms with Crippen molar-refractivity contribution in [1.82, 2.24) is 19.5 Å². The number of ether oxygens (including phenoxy) is 1. The third kappa shape index (κ3) is 2.93. The van der Waals surface area contributed by atoms with Crippen LogP contribution in [0.25, 0.3) is 11.2 Å². The van der Waals surface area contributed by atoms with Crippen LogP contribution >= 0.6 is 7.82 Å². The first-order valence-corrected chi connectivity index (χ1v) is 7.96. The lowest BCUT2D eigenvalue weighted by Gasteiger charge is -2.21. The predicted molar refractivity (Wildman–Crippen MR) is 73.7 cm³/mol. The van der Waals surface area contributed by atoms with Crippen molar-refractivity contribution in [1.29, 1.82) is 0 Å². The fourth-order valence-corrected chi connectivity index (χ4v) is 2.97. The van der Waals surface area contributed by atoms with Gasteiger partial charge in [-0.05, 0) is 0 Å². The van der Waals surface area contributed by atoms with Gasteiger partial charge < -0.3 is 30.5 Å². The molecule has 1 saturated heterocycles. The van der Waals surface area contributed by atoms with Crippen LogP contribution in [0.3, 0.4) is 0 Å². The fraction of sp³-hybridized carbons (Fsp3) is 0.500. The largest absolute Gasteiger partial charge is 0.470 e. The number of fused-ring (bicyclic) bond motifs is 1. The normalized spacial score (nSPS) is 28.5. The Bertz CT molecular complexity index is 763. The maximum Gasteiger partial charge on any atom is 0.470 e. The first-order chi connectivity index (χ1) is 10.8. The average molecular weight is 347 g/mol. The highest BCUT2D eigenvalue weighted by Gasteiger charge is 2.48. The molecule has 1 aliphatic heterocycles. The van der Waals surface area contributed by atoms with Gasteiger partial charge in [-0.1, -0.05) is 0 Å². The fourth-order valence-electron chi connectivity index (χ4n) is 2.42. The molecular formula is C10H14N5O7P. The van der Waals surface area contributed by atoms with Gasteiger partial charge >= 0.3 is 7.82 Å². The minimum Gasteiger partial charge on any atom is -0.394 e. The molecule has 0 aromatic carbocycles. The number of nitrogens with zero attached hydrogens (tertiary/aromatic N) is 4. The highest BCUT2D eigenvalue weighted by atomic mass is 31.2. The number of phosphoric acid groups is 1. The van der Waals surface area contributed by atoms with Crippen molar-refractivity contribution in [2.45, 2.75) is 24.5 Å². The molecule has 0 spiro atoms. The van der Waals surface area contributed by atoms with Crippen molar-refractivity contribution in [2.75, 3.05) is 12.3 Å². The van der Waals surface area contributed by atoms with Crippen molar-refractivity contribution in [3.05, 3.63) is 12.7 Å². The monoisotopic (exact) mass is 347 g/mol. The predicted octanol–water partition coefficient (Wildman–Crippen LogP) is -1.86. The van der Waals surface area contributed by atoms with Crippen LogP contribution in [0.1, 0.15) is 6.23 Å². The first kappa shape index (κ1) is 16.2. The van der Waals surface area contributed by atoms with Gasteiger partial charge in [-0.2, -0.15) is 0 Å². The number of rotatable bonds is 4. The molecule has 4 atom stereocenters. The quantitative estimate of drug-likeness (QED) is 0.390. The standard InChI is InChI=1S/C10H14N5O7P/c11-8-5-9(13-2-12-8)15(3-14-5)10-7(22-23(18,19)20)6(17)4(1-16)21-10/h2-4,6-7,10,16-17H,1H2,(H2,11,12,13)(H2,18,19,20)/t4-,6+,7-,10+/m0/s1. The summed E-state index contributed by atoms with van der Waals surface area (Å²) in [5, 5.41) is 19.3. The molecule has 0 aliphatic carbocycles. The third-order valence-electron chi connectivity index (χ3n) is 3.41. The van der Waals surface area contributed by atoms with Gasteiger partial charge in [-0.15, -0.1) is 0 Å². The van der Waals surface area contributed by atoms with Gasteiger partial charge in [0.05, 0.1) is 12.9 Å². The highest BCUT2D eigenvalue weighted by Crippen LogP contribution is 2.45. The van der Waals surface area contributed by atoms with Crippen molar-refractivity contribution in [2.24, 2.45) is 0 Å². The zero-order chi connectivity index (χ0) is 16.8. The van der Waals surface area contributed by atoms with Gasteiger partial charge in [0.15, 0.2) is 17.7 Å². The number of hydrogen-bond acceptors (Lipinski definition) is 9. The summed E-state index contributed by atoms with van der Waals surface area (Å²) in [4.78, 5) is 29.8. The van der Waals surface area contributed by atoms with Gasteiger partial charge in [0.25, 0.3) is 0 Å². The summed E-state index contributed by atoms with van der Waals surface area (Å²) in [6.07, 6.45) is -2.72. The third-order valence-corrected chi connectivity index (χ3v) is 3.93. The molecule has 12 nitrogen and oxygen atoms in total. The van der Waals surface area contributed by atoms with Crippen LogP contribution in [-0.4, -0.2) is 64.4 Å². The van der Waals surface area contributed by atoms with E-state index in [0.29, 0.717) is 0 Å². The molecule has 3 heterocycles. The van der Waals surface area contributed by atoms with E-state index in [1.54, 1.807) is 0 Å². The number of anilines is 1. The first-order valence-electron chi connectivity index (χ1n) is 6.43. The van der Waals surface area contributed by atoms with Gasteiger partial charge in [0.2, 0.25) is 0 Å². The summed E-state index contributed by atoms with van der Waals surface area (Å²) in [5.74, 6) is 0.110. The maximum absolute atomic E-state index is 11.1. The SMILES string of the molecule is Nc1ncnc2c1ncn2[C@@H]1O[C@@H](CO)[C@@H](O)[C@@H]1OP(=O)(O)O. The molecule has 0 bridgehead atoms. The van der Waals surface area contributed by atoms with Gasteiger partial charge in [0, 0.05) is 0 Å². The smallest absolute Gasteiger partial charge is 0.394 e. The second-order valence-corrected chi connectivity index (χ2v) is 6.07. The van der Waals surface area contributed by atoms with Crippen LogP contribution in [0.5, 0.6) is 0 Å². The van der Waals surface area contributed by atoms with Gasteiger partial charge in [-0.25, -0.2) is 19.5 Å². The second-order valence-electron chi connectivity index (χ2n) is 4.88. The molecular weight excluding hydrogens is 333 g/mol. The van der Waals surface area contributed by atoms with E-state index in [0.717, 1.165) is 0 Å². The van der Waals surface area contributed by atoms with Gasteiger partial charge in [-0.3, -0.25) is 9.09 Å². The molecule has 1 aliphatic rings. The zero-order valence-electron chi connectivity index (χ0n) is 11.5. The lowest BCUT2D eigenvalue weighted by Crippen LogP contribution is -2.34. The molecule has 13 heteroatoms. The van der Waals surface area contributed by atoms with E-state index >= 15 is 0 Å². The lowest BCUT2D eigenvalue weighted by molar-refractivity contribution is -0.0505. The molecule has 0 unspecified atom stereocenters. The Morgan fingerprint density at radius 3 is 2.78 bits per heavy atom. The van der Waals surface area contributed by atoms with Crippen molar-refractivity contribution < 1.29 is 33.8 Å². The molecule has 1 fully saturated rings. The number of aliphatic hydroxyl groups excluding tert-OH is 2. The summed E-state index contributed by atoms with van der Waals surface area (Å²) < 4.78 is 22.5. The Morgan fingerprint density at radius 2 is 2.13 bits per heavy atom. The second kappa shape index (κ2) is 5.76. The number of nitrogen functional groups attached to an aromatic ring is 1. The highest BCUT2D eigenvalue weighted by molar-refractivity contribution is 7.46. The molecule has 23 heavy (non-hydrogen) atoms.